The molecule has 1 aliphatic rings. The number of phenols is 1. The lowest BCUT2D eigenvalue weighted by Crippen LogP contribution is -2.34. The Balaban J connectivity index is 2.43. The van der Waals surface area contributed by atoms with Crippen LogP contribution in [-0.4, -0.2) is 56.0 Å². The third kappa shape index (κ3) is 2.85. The Kier molecular flexibility index (Phi) is 4.43. The van der Waals surface area contributed by atoms with Crippen molar-refractivity contribution >= 4 is 27.3 Å². The summed E-state index contributed by atoms with van der Waals surface area (Å²) in [6.45, 7) is 2.24. The van der Waals surface area contributed by atoms with E-state index in [2.05, 4.69) is 4.90 Å². The molecule has 0 bridgehead atoms. The van der Waals surface area contributed by atoms with Gasteiger partial charge < -0.3 is 15.7 Å². The molecule has 112 valence electrons. The van der Waals surface area contributed by atoms with Gasteiger partial charge in [0.15, 0.2) is 5.75 Å². The third-order valence-electron chi connectivity index (χ3n) is 3.39. The summed E-state index contributed by atoms with van der Waals surface area (Å²) in [6.07, 6.45) is 0.733. The van der Waals surface area contributed by atoms with Crippen molar-refractivity contribution in [2.24, 2.45) is 0 Å². The first-order valence-electron chi connectivity index (χ1n) is 6.29. The van der Waals surface area contributed by atoms with Crippen molar-refractivity contribution in [1.82, 2.24) is 9.21 Å². The Morgan fingerprint density at radius 1 is 1.25 bits per heavy atom. The van der Waals surface area contributed by atoms with Gasteiger partial charge in [0.25, 0.3) is 0 Å². The summed E-state index contributed by atoms with van der Waals surface area (Å²) in [5.41, 5.74) is 5.57. The lowest BCUT2D eigenvalue weighted by Gasteiger charge is -2.21. The summed E-state index contributed by atoms with van der Waals surface area (Å²) < 4.78 is 26.6. The SMILES string of the molecule is CN1CCCN(S(=O)(=O)c2c(Cl)ccc(N)c2O)CC1. The molecule has 20 heavy (non-hydrogen) atoms. The van der Waals surface area contributed by atoms with E-state index in [1.54, 1.807) is 0 Å². The first-order valence-corrected chi connectivity index (χ1v) is 8.11. The summed E-state index contributed by atoms with van der Waals surface area (Å²) in [6, 6.07) is 2.76. The summed E-state index contributed by atoms with van der Waals surface area (Å²) in [4.78, 5) is 1.76. The van der Waals surface area contributed by atoms with Crippen molar-refractivity contribution in [3.05, 3.63) is 17.2 Å². The van der Waals surface area contributed by atoms with Gasteiger partial charge in [0.05, 0.1) is 10.7 Å². The molecule has 0 radical (unpaired) electrons. The van der Waals surface area contributed by atoms with E-state index in [0.29, 0.717) is 19.6 Å². The number of anilines is 1. The van der Waals surface area contributed by atoms with Gasteiger partial charge in [-0.15, -0.1) is 0 Å². The highest BCUT2D eigenvalue weighted by atomic mass is 35.5. The van der Waals surface area contributed by atoms with Gasteiger partial charge in [-0.25, -0.2) is 8.42 Å². The molecule has 2 rings (SSSR count). The molecule has 1 aromatic carbocycles. The normalized spacial score (nSPS) is 18.9. The molecule has 0 aliphatic carbocycles. The van der Waals surface area contributed by atoms with E-state index < -0.39 is 15.8 Å². The number of sulfonamides is 1. The van der Waals surface area contributed by atoms with Crippen LogP contribution >= 0.6 is 11.6 Å². The second kappa shape index (κ2) is 5.77. The number of rotatable bonds is 2. The van der Waals surface area contributed by atoms with Gasteiger partial charge in [-0.05, 0) is 32.1 Å². The van der Waals surface area contributed by atoms with Crippen LogP contribution in [0.1, 0.15) is 6.42 Å². The van der Waals surface area contributed by atoms with Crippen LogP contribution in [0.5, 0.6) is 5.75 Å². The van der Waals surface area contributed by atoms with Gasteiger partial charge in [0.1, 0.15) is 4.90 Å². The van der Waals surface area contributed by atoms with Crippen LogP contribution < -0.4 is 5.73 Å². The zero-order valence-electron chi connectivity index (χ0n) is 11.2. The maximum atomic E-state index is 12.6. The Morgan fingerprint density at radius 3 is 2.65 bits per heavy atom. The molecule has 1 saturated heterocycles. The Labute approximate surface area is 123 Å². The van der Waals surface area contributed by atoms with Crippen LogP contribution in [0.4, 0.5) is 5.69 Å². The van der Waals surface area contributed by atoms with E-state index >= 15 is 0 Å². The minimum Gasteiger partial charge on any atom is -0.504 e. The summed E-state index contributed by atoms with van der Waals surface area (Å²) >= 11 is 5.94. The smallest absolute Gasteiger partial charge is 0.248 e. The van der Waals surface area contributed by atoms with Crippen molar-refractivity contribution < 1.29 is 13.5 Å². The number of hydrogen-bond acceptors (Lipinski definition) is 5. The van der Waals surface area contributed by atoms with E-state index in [0.717, 1.165) is 13.0 Å². The van der Waals surface area contributed by atoms with Gasteiger partial charge in [0, 0.05) is 19.6 Å². The van der Waals surface area contributed by atoms with E-state index in [-0.39, 0.29) is 15.6 Å². The molecule has 1 fully saturated rings. The van der Waals surface area contributed by atoms with Crippen molar-refractivity contribution in [2.45, 2.75) is 11.3 Å². The standard InChI is InChI=1S/C12H18ClN3O3S/c1-15-5-2-6-16(8-7-15)20(18,19)12-9(13)3-4-10(14)11(12)17/h3-4,17H,2,5-8,14H2,1H3. The molecule has 3 N–H and O–H groups in total. The van der Waals surface area contributed by atoms with Crippen molar-refractivity contribution in [3.8, 4) is 5.75 Å². The monoisotopic (exact) mass is 319 g/mol. The molecule has 0 atom stereocenters. The highest BCUT2D eigenvalue weighted by Gasteiger charge is 2.31. The predicted molar refractivity (Wildman–Crippen MR) is 78.4 cm³/mol. The molecule has 6 nitrogen and oxygen atoms in total. The zero-order valence-corrected chi connectivity index (χ0v) is 12.8. The van der Waals surface area contributed by atoms with Gasteiger partial charge in [-0.3, -0.25) is 0 Å². The fraction of sp³-hybridized carbons (Fsp3) is 0.500. The number of nitrogens with zero attached hydrogens (tertiary/aromatic N) is 2. The highest BCUT2D eigenvalue weighted by Crippen LogP contribution is 2.37. The number of phenolic OH excluding ortho intramolecular Hbond substituents is 1. The minimum atomic E-state index is -3.85. The first-order chi connectivity index (χ1) is 9.34. The van der Waals surface area contributed by atoms with E-state index in [9.17, 15) is 13.5 Å². The second-order valence-electron chi connectivity index (χ2n) is 4.88. The summed E-state index contributed by atoms with van der Waals surface area (Å²) in [5.74, 6) is -0.477. The number of hydrogen-bond donors (Lipinski definition) is 2. The molecule has 1 aliphatic heterocycles. The van der Waals surface area contributed by atoms with E-state index in [1.807, 2.05) is 7.05 Å². The van der Waals surface area contributed by atoms with Crippen LogP contribution in [-0.2, 0) is 10.0 Å². The fourth-order valence-electron chi connectivity index (χ4n) is 2.20. The fourth-order valence-corrected chi connectivity index (χ4v) is 4.27. The quantitative estimate of drug-likeness (QED) is 0.626. The van der Waals surface area contributed by atoms with E-state index in [1.165, 1.54) is 16.4 Å². The minimum absolute atomic E-state index is 0.0000787. The number of aromatic hydroxyl groups is 1. The molecule has 0 amide bonds. The van der Waals surface area contributed by atoms with Crippen molar-refractivity contribution in [3.63, 3.8) is 0 Å². The molecular formula is C12H18ClN3O3S. The van der Waals surface area contributed by atoms with Crippen molar-refractivity contribution in [2.75, 3.05) is 39.0 Å². The Morgan fingerprint density at radius 2 is 1.95 bits per heavy atom. The van der Waals surface area contributed by atoms with Crippen molar-refractivity contribution in [1.29, 1.82) is 0 Å². The van der Waals surface area contributed by atoms with Gasteiger partial charge in [-0.2, -0.15) is 4.31 Å². The highest BCUT2D eigenvalue weighted by molar-refractivity contribution is 7.89. The number of nitrogens with two attached hydrogens (primary N) is 1. The lowest BCUT2D eigenvalue weighted by molar-refractivity contribution is 0.346. The van der Waals surface area contributed by atoms with Crippen LogP contribution in [0.2, 0.25) is 5.02 Å². The van der Waals surface area contributed by atoms with Gasteiger partial charge in [0.2, 0.25) is 10.0 Å². The average Bonchev–Trinajstić information content (AvgIpc) is 2.59. The van der Waals surface area contributed by atoms with E-state index in [4.69, 9.17) is 17.3 Å². The number of nitrogen functional groups attached to an aromatic ring is 1. The molecule has 0 spiro atoms. The van der Waals surface area contributed by atoms with Crippen LogP contribution in [0, 0.1) is 0 Å². The predicted octanol–water partition coefficient (Wildman–Crippen LogP) is 0.954. The molecule has 1 aromatic rings. The largest absolute Gasteiger partial charge is 0.504 e. The molecule has 0 aromatic heterocycles. The maximum absolute atomic E-state index is 12.6. The summed E-state index contributed by atoms with van der Waals surface area (Å²) in [5, 5.41) is 9.92. The topological polar surface area (TPSA) is 86.9 Å². The lowest BCUT2D eigenvalue weighted by atomic mass is 10.3. The molecule has 1 heterocycles. The number of halogens is 1. The summed E-state index contributed by atoms with van der Waals surface area (Å²) in [7, 11) is -1.90. The average molecular weight is 320 g/mol. The third-order valence-corrected chi connectivity index (χ3v) is 5.79. The Hall–Kier alpha value is -1.02. The van der Waals surface area contributed by atoms with Gasteiger partial charge >= 0.3 is 0 Å². The molecule has 8 heteroatoms. The number of benzene rings is 1. The van der Waals surface area contributed by atoms with Gasteiger partial charge in [-0.1, -0.05) is 11.6 Å². The maximum Gasteiger partial charge on any atom is 0.248 e. The van der Waals surface area contributed by atoms with Crippen LogP contribution in [0.15, 0.2) is 17.0 Å². The zero-order chi connectivity index (χ0) is 14.9. The second-order valence-corrected chi connectivity index (χ2v) is 7.16. The first kappa shape index (κ1) is 15.4. The molecular weight excluding hydrogens is 302 g/mol. The Bertz CT molecular complexity index is 606. The van der Waals surface area contributed by atoms with Crippen LogP contribution in [0.25, 0.3) is 0 Å². The molecule has 0 saturated carbocycles. The molecule has 0 unspecified atom stereocenters. The van der Waals surface area contributed by atoms with Crippen LogP contribution in [0.3, 0.4) is 0 Å². The number of likely N-dealkylation sites (N-methyl/N-ethyl adjacent to an activating group) is 1.